The Morgan fingerprint density at radius 3 is 2.90 bits per heavy atom. The van der Waals surface area contributed by atoms with Crippen molar-refractivity contribution in [2.45, 2.75) is 39.0 Å². The van der Waals surface area contributed by atoms with Crippen molar-refractivity contribution in [2.24, 2.45) is 11.8 Å². The molecule has 0 unspecified atom stereocenters. The van der Waals surface area contributed by atoms with Gasteiger partial charge in [0.1, 0.15) is 6.29 Å². The molecule has 0 amide bonds. The highest BCUT2D eigenvalue weighted by atomic mass is 16.1. The lowest BCUT2D eigenvalue weighted by Crippen LogP contribution is -2.15. The van der Waals surface area contributed by atoms with Crippen LogP contribution in [-0.2, 0) is 4.79 Å². The first kappa shape index (κ1) is 7.77. The van der Waals surface area contributed by atoms with E-state index in [9.17, 15) is 4.79 Å². The van der Waals surface area contributed by atoms with E-state index in [1.165, 1.54) is 19.3 Å². The van der Waals surface area contributed by atoms with Crippen molar-refractivity contribution in [2.75, 3.05) is 0 Å². The van der Waals surface area contributed by atoms with Crippen LogP contribution in [-0.4, -0.2) is 6.29 Å². The maximum Gasteiger partial charge on any atom is 0.123 e. The smallest absolute Gasteiger partial charge is 0.123 e. The number of carbonyl (C=O) groups excluding carboxylic acids is 1. The Hall–Kier alpha value is -0.330. The van der Waals surface area contributed by atoms with Crippen LogP contribution in [0.25, 0.3) is 0 Å². The molecule has 0 heterocycles. The van der Waals surface area contributed by atoms with E-state index in [-0.39, 0.29) is 0 Å². The van der Waals surface area contributed by atoms with Crippen LogP contribution in [0.1, 0.15) is 39.0 Å². The number of aldehydes is 1. The molecule has 1 aliphatic carbocycles. The molecule has 0 bridgehead atoms. The molecule has 58 valence electrons. The van der Waals surface area contributed by atoms with Crippen molar-refractivity contribution < 1.29 is 4.79 Å². The summed E-state index contributed by atoms with van der Waals surface area (Å²) < 4.78 is 0. The van der Waals surface area contributed by atoms with Crippen LogP contribution in [0.4, 0.5) is 0 Å². The predicted octanol–water partition coefficient (Wildman–Crippen LogP) is 2.40. The first-order valence-corrected chi connectivity index (χ1v) is 4.32. The Labute approximate surface area is 62.8 Å². The van der Waals surface area contributed by atoms with Gasteiger partial charge in [0, 0.05) is 5.92 Å². The van der Waals surface area contributed by atoms with Gasteiger partial charge < -0.3 is 4.79 Å². The molecule has 1 aliphatic rings. The maximum absolute atomic E-state index is 10.4. The Morgan fingerprint density at radius 1 is 1.50 bits per heavy atom. The molecule has 0 aromatic carbocycles. The molecule has 10 heavy (non-hydrogen) atoms. The highest BCUT2D eigenvalue weighted by Crippen LogP contribution is 2.29. The molecule has 0 radical (unpaired) electrons. The summed E-state index contributed by atoms with van der Waals surface area (Å²) in [6, 6.07) is 0. The minimum Gasteiger partial charge on any atom is -0.303 e. The van der Waals surface area contributed by atoms with Gasteiger partial charge in [0.05, 0.1) is 0 Å². The standard InChI is InChI=1S/C9H16O/c1-2-8-4-3-5-9(6-8)7-10/h7-9H,2-6H2,1H3/t8-,9+/m1/s1. The van der Waals surface area contributed by atoms with Gasteiger partial charge in [-0.3, -0.25) is 0 Å². The molecular formula is C9H16O. The van der Waals surface area contributed by atoms with Crippen LogP contribution in [0, 0.1) is 11.8 Å². The van der Waals surface area contributed by atoms with Gasteiger partial charge in [-0.25, -0.2) is 0 Å². The van der Waals surface area contributed by atoms with Gasteiger partial charge in [-0.15, -0.1) is 0 Å². The summed E-state index contributed by atoms with van der Waals surface area (Å²) in [5, 5.41) is 0. The number of hydrogen-bond donors (Lipinski definition) is 0. The third-order valence-corrected chi connectivity index (χ3v) is 2.59. The zero-order chi connectivity index (χ0) is 7.40. The Balaban J connectivity index is 2.31. The second kappa shape index (κ2) is 3.75. The highest BCUT2D eigenvalue weighted by molar-refractivity contribution is 5.53. The fraction of sp³-hybridized carbons (Fsp3) is 0.889. The highest BCUT2D eigenvalue weighted by Gasteiger charge is 2.19. The molecule has 1 nitrogen and oxygen atoms in total. The minimum atomic E-state index is 0.388. The number of hydrogen-bond acceptors (Lipinski definition) is 1. The lowest BCUT2D eigenvalue weighted by Gasteiger charge is -2.24. The molecule has 0 aromatic rings. The van der Waals surface area contributed by atoms with Crippen LogP contribution in [0.15, 0.2) is 0 Å². The molecule has 0 aromatic heterocycles. The quantitative estimate of drug-likeness (QED) is 0.538. The van der Waals surface area contributed by atoms with Crippen molar-refractivity contribution in [1.82, 2.24) is 0 Å². The van der Waals surface area contributed by atoms with E-state index in [1.807, 2.05) is 0 Å². The van der Waals surface area contributed by atoms with Gasteiger partial charge in [-0.1, -0.05) is 26.2 Å². The average Bonchev–Trinajstić information content (AvgIpc) is 2.05. The SMILES string of the molecule is CC[C@@H]1CCC[C@H](C=O)C1. The lowest BCUT2D eigenvalue weighted by atomic mass is 9.81. The van der Waals surface area contributed by atoms with E-state index in [1.54, 1.807) is 0 Å². The number of rotatable bonds is 2. The molecule has 0 saturated heterocycles. The van der Waals surface area contributed by atoms with Gasteiger partial charge in [0.15, 0.2) is 0 Å². The molecular weight excluding hydrogens is 124 g/mol. The molecule has 1 rings (SSSR count). The van der Waals surface area contributed by atoms with Gasteiger partial charge in [0.2, 0.25) is 0 Å². The third kappa shape index (κ3) is 1.83. The second-order valence-corrected chi connectivity index (χ2v) is 3.34. The molecule has 0 N–H and O–H groups in total. The van der Waals surface area contributed by atoms with E-state index in [4.69, 9.17) is 0 Å². The Morgan fingerprint density at radius 2 is 2.30 bits per heavy atom. The molecule has 1 saturated carbocycles. The van der Waals surface area contributed by atoms with Crippen LogP contribution in [0.3, 0.4) is 0 Å². The molecule has 1 fully saturated rings. The van der Waals surface area contributed by atoms with E-state index in [2.05, 4.69) is 6.92 Å². The van der Waals surface area contributed by atoms with Gasteiger partial charge in [-0.05, 0) is 18.8 Å². The van der Waals surface area contributed by atoms with E-state index < -0.39 is 0 Å². The normalized spacial score (nSPS) is 33.7. The van der Waals surface area contributed by atoms with Crippen molar-refractivity contribution in [3.8, 4) is 0 Å². The fourth-order valence-corrected chi connectivity index (χ4v) is 1.83. The third-order valence-electron chi connectivity index (χ3n) is 2.59. The zero-order valence-corrected chi connectivity index (χ0v) is 6.68. The Kier molecular flexibility index (Phi) is 2.91. The fourth-order valence-electron chi connectivity index (χ4n) is 1.83. The topological polar surface area (TPSA) is 17.1 Å². The molecule has 1 heteroatoms. The van der Waals surface area contributed by atoms with Crippen LogP contribution >= 0.6 is 0 Å². The van der Waals surface area contributed by atoms with Crippen molar-refractivity contribution >= 4 is 6.29 Å². The summed E-state index contributed by atoms with van der Waals surface area (Å²) in [7, 11) is 0. The van der Waals surface area contributed by atoms with E-state index in [0.29, 0.717) is 5.92 Å². The summed E-state index contributed by atoms with van der Waals surface area (Å²) in [6.07, 6.45) is 7.30. The predicted molar refractivity (Wildman–Crippen MR) is 41.8 cm³/mol. The first-order chi connectivity index (χ1) is 4.86. The molecule has 0 spiro atoms. The second-order valence-electron chi connectivity index (χ2n) is 3.34. The van der Waals surface area contributed by atoms with Crippen molar-refractivity contribution in [3.05, 3.63) is 0 Å². The van der Waals surface area contributed by atoms with Crippen LogP contribution in [0.5, 0.6) is 0 Å². The first-order valence-electron chi connectivity index (χ1n) is 4.32. The summed E-state index contributed by atoms with van der Waals surface area (Å²) >= 11 is 0. The zero-order valence-electron chi connectivity index (χ0n) is 6.68. The number of carbonyl (C=O) groups is 1. The molecule has 0 aliphatic heterocycles. The summed E-state index contributed by atoms with van der Waals surface area (Å²) in [4.78, 5) is 10.4. The van der Waals surface area contributed by atoms with E-state index in [0.717, 1.165) is 25.0 Å². The summed E-state index contributed by atoms with van der Waals surface area (Å²) in [5.74, 6) is 1.22. The van der Waals surface area contributed by atoms with Crippen LogP contribution in [0.2, 0.25) is 0 Å². The maximum atomic E-state index is 10.4. The molecule has 2 atom stereocenters. The van der Waals surface area contributed by atoms with Gasteiger partial charge >= 0.3 is 0 Å². The van der Waals surface area contributed by atoms with Crippen LogP contribution < -0.4 is 0 Å². The monoisotopic (exact) mass is 140 g/mol. The largest absolute Gasteiger partial charge is 0.303 e. The lowest BCUT2D eigenvalue weighted by molar-refractivity contribution is -0.112. The van der Waals surface area contributed by atoms with Gasteiger partial charge in [0.25, 0.3) is 0 Å². The summed E-state index contributed by atoms with van der Waals surface area (Å²) in [5.41, 5.74) is 0. The van der Waals surface area contributed by atoms with E-state index >= 15 is 0 Å². The van der Waals surface area contributed by atoms with Gasteiger partial charge in [-0.2, -0.15) is 0 Å². The van der Waals surface area contributed by atoms with Crippen molar-refractivity contribution in [1.29, 1.82) is 0 Å². The van der Waals surface area contributed by atoms with Crippen molar-refractivity contribution in [3.63, 3.8) is 0 Å². The Bertz CT molecular complexity index is 109. The minimum absolute atomic E-state index is 0.388. The average molecular weight is 140 g/mol. The summed E-state index contributed by atoms with van der Waals surface area (Å²) in [6.45, 7) is 2.22.